The Labute approximate surface area is 55.7 Å². The molecule has 0 aromatic heterocycles. The fraction of sp³-hybridized carbons (Fsp3) is 0.833. The molecule has 0 aromatic carbocycles. The zero-order valence-electron chi connectivity index (χ0n) is 6.21. The van der Waals surface area contributed by atoms with E-state index in [0.29, 0.717) is 6.42 Å². The summed E-state index contributed by atoms with van der Waals surface area (Å²) in [5, 5.41) is 8.59. The minimum absolute atomic E-state index is 0.108. The molecule has 1 atom stereocenters. The zero-order valence-corrected chi connectivity index (χ0v) is 5.21. The first-order chi connectivity index (χ1) is 4.75. The Balaban J connectivity index is 2.50. The Morgan fingerprint density at radius 3 is 3.22 bits per heavy atom. The summed E-state index contributed by atoms with van der Waals surface area (Å²) in [6, 6.07) is -0.391. The lowest BCUT2D eigenvalue weighted by molar-refractivity contribution is -0.141. The third-order valence-corrected chi connectivity index (χ3v) is 1.65. The fourth-order valence-corrected chi connectivity index (χ4v) is 1.11. The van der Waals surface area contributed by atoms with Crippen molar-refractivity contribution in [3.63, 3.8) is 0 Å². The van der Waals surface area contributed by atoms with Crippen LogP contribution in [0, 0.1) is 0 Å². The third kappa shape index (κ3) is 1.21. The topological polar surface area (TPSA) is 40.5 Å². The van der Waals surface area contributed by atoms with Gasteiger partial charge >= 0.3 is 5.97 Å². The molecule has 1 saturated heterocycles. The van der Waals surface area contributed by atoms with Gasteiger partial charge in [-0.25, -0.2) is 0 Å². The molecule has 1 rings (SSSR count). The van der Waals surface area contributed by atoms with Crippen molar-refractivity contribution in [2.45, 2.75) is 18.9 Å². The molecular formula is C6H11NO2. The van der Waals surface area contributed by atoms with Gasteiger partial charge in [0.25, 0.3) is 0 Å². The Hall–Kier alpha value is -0.570. The van der Waals surface area contributed by atoms with Crippen LogP contribution >= 0.6 is 0 Å². The number of hydrogen-bond donors (Lipinski definition) is 1. The summed E-state index contributed by atoms with van der Waals surface area (Å²) in [5.41, 5.74) is 0. The maximum absolute atomic E-state index is 10.4. The molecule has 52 valence electrons. The predicted molar refractivity (Wildman–Crippen MR) is 33.3 cm³/mol. The number of likely N-dealkylation sites (tertiary alicyclic amines) is 1. The summed E-state index contributed by atoms with van der Waals surface area (Å²) in [7, 11) is 0.108. The first-order valence-corrected chi connectivity index (χ1v) is 3.02. The summed E-state index contributed by atoms with van der Waals surface area (Å²) in [6.07, 6.45) is 1.62. The van der Waals surface area contributed by atoms with E-state index in [9.17, 15) is 4.79 Å². The van der Waals surface area contributed by atoms with E-state index >= 15 is 0 Å². The first-order valence-electron chi connectivity index (χ1n) is 3.72. The average molecular weight is 130 g/mol. The van der Waals surface area contributed by atoms with E-state index < -0.39 is 12.0 Å². The molecule has 0 unspecified atom stereocenters. The van der Waals surface area contributed by atoms with Crippen molar-refractivity contribution in [3.8, 4) is 0 Å². The van der Waals surface area contributed by atoms with Crippen LogP contribution < -0.4 is 0 Å². The highest BCUT2D eigenvalue weighted by Gasteiger charge is 2.26. The molecule has 1 heterocycles. The van der Waals surface area contributed by atoms with Crippen molar-refractivity contribution in [2.24, 2.45) is 0 Å². The Morgan fingerprint density at radius 2 is 2.78 bits per heavy atom. The summed E-state index contributed by atoms with van der Waals surface area (Å²) < 4.78 is 6.99. The second-order valence-corrected chi connectivity index (χ2v) is 2.31. The van der Waals surface area contributed by atoms with Crippen LogP contribution in [-0.4, -0.2) is 35.6 Å². The molecule has 9 heavy (non-hydrogen) atoms. The van der Waals surface area contributed by atoms with Gasteiger partial charge in [-0.05, 0) is 26.4 Å². The average Bonchev–Trinajstić information content (AvgIpc) is 2.33. The first kappa shape index (κ1) is 5.23. The molecule has 1 aliphatic heterocycles. The molecule has 1 N–H and O–H groups in total. The van der Waals surface area contributed by atoms with Crippen LogP contribution in [0.4, 0.5) is 0 Å². The van der Waals surface area contributed by atoms with Crippen LogP contribution in [-0.2, 0) is 4.79 Å². The minimum Gasteiger partial charge on any atom is -0.480 e. The van der Waals surface area contributed by atoms with Gasteiger partial charge in [0, 0.05) is 1.37 Å². The van der Waals surface area contributed by atoms with E-state index in [1.807, 2.05) is 0 Å². The van der Waals surface area contributed by atoms with Crippen LogP contribution in [0.3, 0.4) is 0 Å². The number of carboxylic acids is 1. The molecule has 0 spiro atoms. The van der Waals surface area contributed by atoms with Gasteiger partial charge in [-0.1, -0.05) is 0 Å². The van der Waals surface area contributed by atoms with E-state index in [2.05, 4.69) is 0 Å². The van der Waals surface area contributed by atoms with Gasteiger partial charge in [-0.3, -0.25) is 9.69 Å². The summed E-state index contributed by atoms with van der Waals surface area (Å²) >= 11 is 0. The van der Waals surface area contributed by atoms with Crippen LogP contribution in [0.2, 0.25) is 0 Å². The molecule has 0 bridgehead atoms. The highest BCUT2D eigenvalue weighted by atomic mass is 16.4. The molecule has 0 radical (unpaired) electrons. The van der Waals surface area contributed by atoms with Gasteiger partial charge in [-0.15, -0.1) is 0 Å². The number of carboxylic acid groups (broad SMARTS) is 1. The Morgan fingerprint density at radius 1 is 2.00 bits per heavy atom. The van der Waals surface area contributed by atoms with E-state index in [0.717, 1.165) is 13.0 Å². The van der Waals surface area contributed by atoms with Crippen LogP contribution in [0.1, 0.15) is 14.2 Å². The second-order valence-electron chi connectivity index (χ2n) is 2.31. The molecule has 1 fully saturated rings. The molecule has 0 aliphatic carbocycles. The molecule has 0 amide bonds. The molecular weight excluding hydrogens is 118 g/mol. The number of carbonyl (C=O) groups is 1. The quantitative estimate of drug-likeness (QED) is 0.550. The van der Waals surface area contributed by atoms with Crippen molar-refractivity contribution in [1.82, 2.24) is 4.90 Å². The van der Waals surface area contributed by atoms with E-state index in [-0.39, 0.29) is 7.02 Å². The van der Waals surface area contributed by atoms with Crippen molar-refractivity contribution >= 4 is 5.97 Å². The SMILES string of the molecule is [2H]CN1CCC[C@H]1C(=O)O. The lowest BCUT2D eigenvalue weighted by atomic mass is 10.2. The van der Waals surface area contributed by atoms with Gasteiger partial charge in [0.2, 0.25) is 0 Å². The predicted octanol–water partition coefficient (Wildman–Crippen LogP) is 0.165. The maximum atomic E-state index is 10.4. The lowest BCUT2D eigenvalue weighted by Gasteiger charge is -2.13. The Kier molecular flexibility index (Phi) is 1.37. The fourth-order valence-electron chi connectivity index (χ4n) is 1.11. The van der Waals surface area contributed by atoms with Gasteiger partial charge < -0.3 is 5.11 Å². The van der Waals surface area contributed by atoms with Gasteiger partial charge in [-0.2, -0.15) is 0 Å². The minimum atomic E-state index is -0.787. The molecule has 0 aromatic rings. The van der Waals surface area contributed by atoms with E-state index in [1.165, 1.54) is 0 Å². The smallest absolute Gasteiger partial charge is 0.320 e. The second kappa shape index (κ2) is 2.35. The normalized spacial score (nSPS) is 30.2. The van der Waals surface area contributed by atoms with Crippen molar-refractivity contribution in [2.75, 3.05) is 13.6 Å². The van der Waals surface area contributed by atoms with Crippen molar-refractivity contribution in [1.29, 1.82) is 0 Å². The van der Waals surface area contributed by atoms with Crippen LogP contribution in [0.25, 0.3) is 0 Å². The maximum Gasteiger partial charge on any atom is 0.320 e. The highest BCUT2D eigenvalue weighted by molar-refractivity contribution is 5.73. The molecule has 3 nitrogen and oxygen atoms in total. The van der Waals surface area contributed by atoms with Gasteiger partial charge in [0.15, 0.2) is 0 Å². The number of rotatable bonds is 1. The molecule has 3 heteroatoms. The molecule has 0 saturated carbocycles. The number of nitrogens with zero attached hydrogens (tertiary/aromatic N) is 1. The zero-order chi connectivity index (χ0) is 7.56. The monoisotopic (exact) mass is 130 g/mol. The van der Waals surface area contributed by atoms with Gasteiger partial charge in [0.1, 0.15) is 6.04 Å². The highest BCUT2D eigenvalue weighted by Crippen LogP contribution is 2.13. The lowest BCUT2D eigenvalue weighted by Crippen LogP contribution is -2.32. The van der Waals surface area contributed by atoms with Gasteiger partial charge in [0.05, 0.1) is 0 Å². The van der Waals surface area contributed by atoms with Crippen molar-refractivity contribution < 1.29 is 11.3 Å². The van der Waals surface area contributed by atoms with E-state index in [1.54, 1.807) is 4.90 Å². The summed E-state index contributed by atoms with van der Waals surface area (Å²) in [6.45, 7) is 0.764. The van der Waals surface area contributed by atoms with Crippen molar-refractivity contribution in [3.05, 3.63) is 0 Å². The summed E-state index contributed by atoms with van der Waals surface area (Å²) in [5.74, 6) is -0.787. The van der Waals surface area contributed by atoms with Crippen LogP contribution in [0.15, 0.2) is 0 Å². The van der Waals surface area contributed by atoms with E-state index in [4.69, 9.17) is 6.48 Å². The summed E-state index contributed by atoms with van der Waals surface area (Å²) in [4.78, 5) is 12.1. The number of likely N-dealkylation sites (N-methyl/N-ethyl adjacent to an activating group) is 1. The number of aliphatic carboxylic acids is 1. The third-order valence-electron chi connectivity index (χ3n) is 1.65. The molecule has 1 aliphatic rings. The standard InChI is InChI=1S/C6H11NO2/c1-7-4-2-3-5(7)6(8)9/h5H,2-4H2,1H3,(H,8,9)/t5-/m0/s1/i1D. The van der Waals surface area contributed by atoms with Crippen LogP contribution in [0.5, 0.6) is 0 Å². The Bertz CT molecular complexity index is 140. The largest absolute Gasteiger partial charge is 0.480 e. The number of hydrogen-bond acceptors (Lipinski definition) is 2.